The van der Waals surface area contributed by atoms with E-state index in [0.29, 0.717) is 34.7 Å². The number of ether oxygens (including phenoxy) is 3. The van der Waals surface area contributed by atoms with E-state index in [1.165, 1.54) is 18.9 Å². The number of amides is 1. The summed E-state index contributed by atoms with van der Waals surface area (Å²) < 4.78 is 16.3. The van der Waals surface area contributed by atoms with Crippen LogP contribution in [0.2, 0.25) is 0 Å². The van der Waals surface area contributed by atoms with Crippen LogP contribution in [0.25, 0.3) is 0 Å². The molecule has 156 valence electrons. The minimum atomic E-state index is -0.286. The molecule has 0 saturated carbocycles. The van der Waals surface area contributed by atoms with Crippen LogP contribution in [0.4, 0.5) is 5.69 Å². The van der Waals surface area contributed by atoms with Gasteiger partial charge in [-0.3, -0.25) is 9.78 Å². The molecule has 0 fully saturated rings. The fraction of sp³-hybridized carbons (Fsp3) is 0.238. The lowest BCUT2D eigenvalue weighted by molar-refractivity contribution is -0.118. The van der Waals surface area contributed by atoms with Crippen molar-refractivity contribution in [1.29, 1.82) is 0 Å². The molecule has 0 saturated heterocycles. The molecule has 30 heavy (non-hydrogen) atoms. The number of nitrogens with one attached hydrogen (secondary N) is 1. The highest BCUT2D eigenvalue weighted by atomic mass is 32.2. The number of rotatable bonds is 10. The van der Waals surface area contributed by atoms with Gasteiger partial charge in [0.15, 0.2) is 23.3 Å². The molecular formula is C21H22N4O4S. The third-order valence-corrected chi connectivity index (χ3v) is 4.72. The first kappa shape index (κ1) is 21.4. The first-order valence-corrected chi connectivity index (χ1v) is 10.2. The van der Waals surface area contributed by atoms with Gasteiger partial charge >= 0.3 is 0 Å². The molecule has 9 heteroatoms. The van der Waals surface area contributed by atoms with Crippen molar-refractivity contribution in [2.45, 2.75) is 17.8 Å². The van der Waals surface area contributed by atoms with Crippen LogP contribution in [0, 0.1) is 0 Å². The Hall–Kier alpha value is -3.33. The molecule has 0 spiro atoms. The summed E-state index contributed by atoms with van der Waals surface area (Å²) >= 11 is 1.46. The molecular weight excluding hydrogens is 404 g/mol. The molecule has 1 N–H and O–H groups in total. The van der Waals surface area contributed by atoms with Crippen LogP contribution >= 0.6 is 11.8 Å². The lowest BCUT2D eigenvalue weighted by Gasteiger charge is -2.12. The van der Waals surface area contributed by atoms with Gasteiger partial charge in [0.05, 0.1) is 25.6 Å². The second-order valence-electron chi connectivity index (χ2n) is 5.94. The van der Waals surface area contributed by atoms with Gasteiger partial charge in [-0.2, -0.15) is 0 Å². The molecule has 2 heterocycles. The molecule has 0 atom stereocenters. The Morgan fingerprint density at radius 2 is 1.83 bits per heavy atom. The van der Waals surface area contributed by atoms with Gasteiger partial charge in [0.2, 0.25) is 0 Å². The number of hydrogen-bond acceptors (Lipinski definition) is 8. The number of anilines is 1. The maximum absolute atomic E-state index is 12.2. The Balaban J connectivity index is 1.57. The SMILES string of the molecule is CCOc1ccc(NC(=O)COc2cc(CSc3ncccn3)ncc2OC)cc1. The van der Waals surface area contributed by atoms with Gasteiger partial charge in [-0.25, -0.2) is 9.97 Å². The van der Waals surface area contributed by atoms with Crippen LogP contribution in [-0.4, -0.2) is 41.2 Å². The van der Waals surface area contributed by atoms with Crippen molar-refractivity contribution in [3.8, 4) is 17.2 Å². The molecule has 1 aromatic carbocycles. The highest BCUT2D eigenvalue weighted by Crippen LogP contribution is 2.28. The number of carbonyl (C=O) groups is 1. The van der Waals surface area contributed by atoms with E-state index in [1.54, 1.807) is 55.0 Å². The van der Waals surface area contributed by atoms with Crippen molar-refractivity contribution in [3.63, 3.8) is 0 Å². The zero-order chi connectivity index (χ0) is 21.2. The molecule has 0 radical (unpaired) electrons. The number of nitrogens with zero attached hydrogens (tertiary/aromatic N) is 3. The van der Waals surface area contributed by atoms with Crippen molar-refractivity contribution >= 4 is 23.4 Å². The minimum Gasteiger partial charge on any atom is -0.494 e. The monoisotopic (exact) mass is 426 g/mol. The van der Waals surface area contributed by atoms with Crippen LogP contribution < -0.4 is 19.5 Å². The molecule has 0 aliphatic carbocycles. The van der Waals surface area contributed by atoms with Crippen LogP contribution in [0.1, 0.15) is 12.6 Å². The van der Waals surface area contributed by atoms with E-state index in [4.69, 9.17) is 14.2 Å². The summed E-state index contributed by atoms with van der Waals surface area (Å²) in [5.41, 5.74) is 1.42. The Bertz CT molecular complexity index is 955. The third kappa shape index (κ3) is 6.35. The lowest BCUT2D eigenvalue weighted by atomic mass is 10.3. The summed E-state index contributed by atoms with van der Waals surface area (Å²) in [4.78, 5) is 24.9. The summed E-state index contributed by atoms with van der Waals surface area (Å²) in [7, 11) is 1.52. The molecule has 8 nitrogen and oxygen atoms in total. The zero-order valence-electron chi connectivity index (χ0n) is 16.7. The second kappa shape index (κ2) is 11.0. The van der Waals surface area contributed by atoms with E-state index in [9.17, 15) is 4.79 Å². The highest BCUT2D eigenvalue weighted by Gasteiger charge is 2.11. The average Bonchev–Trinajstić information content (AvgIpc) is 2.78. The van der Waals surface area contributed by atoms with Gasteiger partial charge in [-0.15, -0.1) is 0 Å². The summed E-state index contributed by atoms with van der Waals surface area (Å²) in [6.07, 6.45) is 4.95. The minimum absolute atomic E-state index is 0.165. The largest absolute Gasteiger partial charge is 0.494 e. The maximum atomic E-state index is 12.2. The Labute approximate surface area is 179 Å². The summed E-state index contributed by atoms with van der Waals surface area (Å²) in [6.45, 7) is 2.34. The number of thioether (sulfide) groups is 1. The first-order valence-electron chi connectivity index (χ1n) is 9.26. The fourth-order valence-electron chi connectivity index (χ4n) is 2.45. The Kier molecular flexibility index (Phi) is 7.85. The van der Waals surface area contributed by atoms with Crippen LogP contribution in [0.15, 0.2) is 60.1 Å². The van der Waals surface area contributed by atoms with Crippen molar-refractivity contribution in [3.05, 3.63) is 60.7 Å². The molecule has 3 aromatic rings. The second-order valence-corrected chi connectivity index (χ2v) is 6.88. The predicted molar refractivity (Wildman–Crippen MR) is 114 cm³/mol. The zero-order valence-corrected chi connectivity index (χ0v) is 17.5. The standard InChI is InChI=1S/C21H22N4O4S/c1-3-28-17-7-5-15(6-8-17)25-20(26)13-29-18-11-16(24-12-19(18)27-2)14-30-21-22-9-4-10-23-21/h4-12H,3,13-14H2,1-2H3,(H,25,26). The molecule has 0 bridgehead atoms. The highest BCUT2D eigenvalue weighted by molar-refractivity contribution is 7.98. The Morgan fingerprint density at radius 1 is 1.07 bits per heavy atom. The lowest BCUT2D eigenvalue weighted by Crippen LogP contribution is -2.20. The van der Waals surface area contributed by atoms with Crippen LogP contribution in [0.5, 0.6) is 17.2 Å². The van der Waals surface area contributed by atoms with Crippen molar-refractivity contribution in [2.24, 2.45) is 0 Å². The quantitative estimate of drug-likeness (QED) is 0.388. The number of pyridine rings is 1. The molecule has 0 aliphatic rings. The molecule has 0 aliphatic heterocycles. The maximum Gasteiger partial charge on any atom is 0.262 e. The number of methoxy groups -OCH3 is 1. The summed E-state index contributed by atoms with van der Waals surface area (Å²) in [5.74, 6) is 1.92. The van der Waals surface area contributed by atoms with E-state index < -0.39 is 0 Å². The fourth-order valence-corrected chi connectivity index (χ4v) is 3.16. The number of hydrogen-bond donors (Lipinski definition) is 1. The molecule has 0 unspecified atom stereocenters. The van der Waals surface area contributed by atoms with E-state index in [0.717, 1.165) is 11.4 Å². The van der Waals surface area contributed by atoms with Crippen LogP contribution in [-0.2, 0) is 10.5 Å². The summed E-state index contributed by atoms with van der Waals surface area (Å²) in [6, 6.07) is 10.7. The third-order valence-electron chi connectivity index (χ3n) is 3.81. The number of aromatic nitrogens is 3. The van der Waals surface area contributed by atoms with Gasteiger partial charge in [0, 0.05) is 29.9 Å². The summed E-state index contributed by atoms with van der Waals surface area (Å²) in [5, 5.41) is 3.44. The van der Waals surface area contributed by atoms with Crippen LogP contribution in [0.3, 0.4) is 0 Å². The van der Waals surface area contributed by atoms with E-state index in [2.05, 4.69) is 20.3 Å². The molecule has 1 amide bonds. The van der Waals surface area contributed by atoms with Gasteiger partial charge in [0.25, 0.3) is 5.91 Å². The average molecular weight is 426 g/mol. The molecule has 3 rings (SSSR count). The van der Waals surface area contributed by atoms with E-state index in [-0.39, 0.29) is 12.5 Å². The van der Waals surface area contributed by atoms with E-state index in [1.807, 2.05) is 6.92 Å². The van der Waals surface area contributed by atoms with Crippen molar-refractivity contribution in [2.75, 3.05) is 25.6 Å². The predicted octanol–water partition coefficient (Wildman–Crippen LogP) is 3.59. The van der Waals surface area contributed by atoms with Crippen molar-refractivity contribution in [1.82, 2.24) is 15.0 Å². The van der Waals surface area contributed by atoms with Gasteiger partial charge < -0.3 is 19.5 Å². The van der Waals surface area contributed by atoms with Gasteiger partial charge in [-0.1, -0.05) is 11.8 Å². The normalized spacial score (nSPS) is 10.3. The number of benzene rings is 1. The van der Waals surface area contributed by atoms with E-state index >= 15 is 0 Å². The Morgan fingerprint density at radius 3 is 2.53 bits per heavy atom. The van der Waals surface area contributed by atoms with Gasteiger partial charge in [0.1, 0.15) is 5.75 Å². The first-order chi connectivity index (χ1) is 14.7. The smallest absolute Gasteiger partial charge is 0.262 e. The molecule has 2 aromatic heterocycles. The van der Waals surface area contributed by atoms with Gasteiger partial charge in [-0.05, 0) is 37.3 Å². The number of carbonyl (C=O) groups excluding carboxylic acids is 1. The van der Waals surface area contributed by atoms with Crippen molar-refractivity contribution < 1.29 is 19.0 Å². The topological polar surface area (TPSA) is 95.5 Å².